The first kappa shape index (κ1) is 17.2. The molecule has 0 saturated heterocycles. The van der Waals surface area contributed by atoms with Crippen molar-refractivity contribution in [3.63, 3.8) is 0 Å². The third-order valence-electron chi connectivity index (χ3n) is 3.61. The average molecular weight is 403 g/mol. The third-order valence-corrected chi connectivity index (χ3v) is 4.21. The fourth-order valence-electron chi connectivity index (χ4n) is 2.34. The first-order valence-corrected chi connectivity index (χ1v) is 8.30. The standard InChI is InChI=1S/C18H15BrN2O4/c1-10-7-13(16(22)14(19)8-10)18(23)24-9-15-20-17(21-25-15)12-6-4-3-5-11(12)2/h3-8,22H,9H2,1-2H3. The number of carbonyl (C=O) groups excluding carboxylic acids is 1. The highest BCUT2D eigenvalue weighted by Crippen LogP contribution is 2.30. The van der Waals surface area contributed by atoms with Crippen molar-refractivity contribution in [2.75, 3.05) is 0 Å². The molecule has 25 heavy (non-hydrogen) atoms. The fraction of sp³-hybridized carbons (Fsp3) is 0.167. The Balaban J connectivity index is 1.73. The summed E-state index contributed by atoms with van der Waals surface area (Å²) in [6.45, 7) is 3.58. The van der Waals surface area contributed by atoms with Gasteiger partial charge in [-0.1, -0.05) is 29.4 Å². The molecule has 0 fully saturated rings. The zero-order chi connectivity index (χ0) is 18.0. The molecule has 0 spiro atoms. The zero-order valence-corrected chi connectivity index (χ0v) is 15.2. The summed E-state index contributed by atoms with van der Waals surface area (Å²) in [7, 11) is 0. The molecule has 0 aliphatic heterocycles. The zero-order valence-electron chi connectivity index (χ0n) is 13.6. The Kier molecular flexibility index (Phi) is 4.85. The number of rotatable bonds is 4. The summed E-state index contributed by atoms with van der Waals surface area (Å²) >= 11 is 3.20. The Bertz CT molecular complexity index is 937. The van der Waals surface area contributed by atoms with Crippen LogP contribution in [0, 0.1) is 13.8 Å². The molecule has 1 heterocycles. The number of phenols is 1. The summed E-state index contributed by atoms with van der Waals surface area (Å²) in [6.07, 6.45) is 0. The van der Waals surface area contributed by atoms with E-state index in [-0.39, 0.29) is 23.8 Å². The molecule has 0 saturated carbocycles. The number of aromatic hydroxyl groups is 1. The summed E-state index contributed by atoms with van der Waals surface area (Å²) in [5.41, 5.74) is 2.76. The van der Waals surface area contributed by atoms with E-state index in [1.165, 1.54) is 0 Å². The van der Waals surface area contributed by atoms with Crippen LogP contribution in [0.25, 0.3) is 11.4 Å². The lowest BCUT2D eigenvalue weighted by Gasteiger charge is -2.07. The Morgan fingerprint density at radius 3 is 2.80 bits per heavy atom. The van der Waals surface area contributed by atoms with Gasteiger partial charge in [-0.05, 0) is 53.0 Å². The van der Waals surface area contributed by atoms with E-state index in [0.29, 0.717) is 10.3 Å². The van der Waals surface area contributed by atoms with E-state index in [1.807, 2.05) is 38.1 Å². The highest BCUT2D eigenvalue weighted by Gasteiger charge is 2.18. The normalized spacial score (nSPS) is 10.7. The average Bonchev–Trinajstić information content (AvgIpc) is 3.05. The number of benzene rings is 2. The van der Waals surface area contributed by atoms with Crippen LogP contribution in [-0.4, -0.2) is 21.2 Å². The van der Waals surface area contributed by atoms with E-state index in [2.05, 4.69) is 26.1 Å². The Morgan fingerprint density at radius 1 is 1.28 bits per heavy atom. The first-order valence-electron chi connectivity index (χ1n) is 7.50. The van der Waals surface area contributed by atoms with Crippen molar-refractivity contribution in [1.82, 2.24) is 10.1 Å². The number of carbonyl (C=O) groups is 1. The summed E-state index contributed by atoms with van der Waals surface area (Å²) in [6, 6.07) is 10.9. The minimum atomic E-state index is -0.669. The number of hydrogen-bond acceptors (Lipinski definition) is 6. The molecule has 2 aromatic carbocycles. The van der Waals surface area contributed by atoms with Crippen LogP contribution >= 0.6 is 15.9 Å². The molecular formula is C18H15BrN2O4. The second-order valence-corrected chi connectivity index (χ2v) is 6.40. The summed E-state index contributed by atoms with van der Waals surface area (Å²) < 4.78 is 10.7. The van der Waals surface area contributed by atoms with Gasteiger partial charge in [0.15, 0.2) is 6.61 Å². The maximum Gasteiger partial charge on any atom is 0.342 e. The second-order valence-electron chi connectivity index (χ2n) is 5.55. The topological polar surface area (TPSA) is 85.5 Å². The van der Waals surface area contributed by atoms with Crippen LogP contribution in [0.3, 0.4) is 0 Å². The van der Waals surface area contributed by atoms with Crippen LogP contribution in [0.2, 0.25) is 0 Å². The van der Waals surface area contributed by atoms with E-state index in [1.54, 1.807) is 12.1 Å². The minimum Gasteiger partial charge on any atom is -0.506 e. The van der Waals surface area contributed by atoms with E-state index < -0.39 is 5.97 Å². The summed E-state index contributed by atoms with van der Waals surface area (Å²) in [5, 5.41) is 13.9. The minimum absolute atomic E-state index is 0.0746. The van der Waals surface area contributed by atoms with Crippen LogP contribution in [0.5, 0.6) is 5.75 Å². The first-order chi connectivity index (χ1) is 12.0. The van der Waals surface area contributed by atoms with E-state index in [4.69, 9.17) is 9.26 Å². The van der Waals surface area contributed by atoms with Crippen LogP contribution in [0.4, 0.5) is 0 Å². The highest BCUT2D eigenvalue weighted by atomic mass is 79.9. The molecule has 1 aromatic heterocycles. The van der Waals surface area contributed by atoms with Crippen molar-refractivity contribution in [1.29, 1.82) is 0 Å². The number of ether oxygens (including phenoxy) is 1. The van der Waals surface area contributed by atoms with Crippen LogP contribution in [0.1, 0.15) is 27.4 Å². The lowest BCUT2D eigenvalue weighted by Crippen LogP contribution is -2.06. The van der Waals surface area contributed by atoms with Gasteiger partial charge >= 0.3 is 5.97 Å². The number of aromatic nitrogens is 2. The van der Waals surface area contributed by atoms with Crippen molar-refractivity contribution in [3.05, 3.63) is 63.5 Å². The number of aryl methyl sites for hydroxylation is 2. The van der Waals surface area contributed by atoms with Crippen molar-refractivity contribution in [2.24, 2.45) is 0 Å². The van der Waals surface area contributed by atoms with Gasteiger partial charge in [-0.15, -0.1) is 0 Å². The SMILES string of the molecule is Cc1cc(Br)c(O)c(C(=O)OCc2nc(-c3ccccc3C)no2)c1. The van der Waals surface area contributed by atoms with Crippen molar-refractivity contribution >= 4 is 21.9 Å². The number of phenolic OH excluding ortho intramolecular Hbond substituents is 1. The van der Waals surface area contributed by atoms with E-state index in [0.717, 1.165) is 16.7 Å². The molecule has 6 nitrogen and oxygen atoms in total. The number of nitrogens with zero attached hydrogens (tertiary/aromatic N) is 2. The van der Waals surface area contributed by atoms with Gasteiger partial charge in [0.1, 0.15) is 11.3 Å². The lowest BCUT2D eigenvalue weighted by molar-refractivity contribution is 0.0426. The smallest absolute Gasteiger partial charge is 0.342 e. The van der Waals surface area contributed by atoms with Gasteiger partial charge < -0.3 is 14.4 Å². The molecule has 1 N–H and O–H groups in total. The van der Waals surface area contributed by atoms with Crippen molar-refractivity contribution < 1.29 is 19.2 Å². The summed E-state index contributed by atoms with van der Waals surface area (Å²) in [4.78, 5) is 16.4. The molecule has 3 rings (SSSR count). The number of halogens is 1. The van der Waals surface area contributed by atoms with Gasteiger partial charge in [0.25, 0.3) is 5.89 Å². The third kappa shape index (κ3) is 3.71. The maximum absolute atomic E-state index is 12.2. The van der Waals surface area contributed by atoms with Gasteiger partial charge in [-0.25, -0.2) is 4.79 Å². The molecule has 0 bridgehead atoms. The largest absolute Gasteiger partial charge is 0.506 e. The second kappa shape index (κ2) is 7.06. The molecule has 0 unspecified atom stereocenters. The monoisotopic (exact) mass is 402 g/mol. The van der Waals surface area contributed by atoms with Gasteiger partial charge in [0.05, 0.1) is 4.47 Å². The van der Waals surface area contributed by atoms with Crippen molar-refractivity contribution in [3.8, 4) is 17.1 Å². The lowest BCUT2D eigenvalue weighted by atomic mass is 10.1. The molecule has 7 heteroatoms. The van der Waals surface area contributed by atoms with Gasteiger partial charge in [-0.3, -0.25) is 0 Å². The fourth-order valence-corrected chi connectivity index (χ4v) is 2.92. The van der Waals surface area contributed by atoms with Crippen LogP contribution in [-0.2, 0) is 11.3 Å². The van der Waals surface area contributed by atoms with Crippen LogP contribution in [0.15, 0.2) is 45.4 Å². The molecule has 3 aromatic rings. The van der Waals surface area contributed by atoms with E-state index in [9.17, 15) is 9.90 Å². The van der Waals surface area contributed by atoms with Gasteiger partial charge in [-0.2, -0.15) is 4.98 Å². The molecule has 0 aliphatic rings. The quantitative estimate of drug-likeness (QED) is 0.658. The highest BCUT2D eigenvalue weighted by molar-refractivity contribution is 9.10. The predicted molar refractivity (Wildman–Crippen MR) is 94.1 cm³/mol. The van der Waals surface area contributed by atoms with E-state index >= 15 is 0 Å². The Labute approximate surface area is 152 Å². The van der Waals surface area contributed by atoms with Crippen molar-refractivity contribution in [2.45, 2.75) is 20.5 Å². The number of hydrogen-bond donors (Lipinski definition) is 1. The maximum atomic E-state index is 12.2. The Hall–Kier alpha value is -2.67. The molecule has 0 amide bonds. The van der Waals surface area contributed by atoms with Gasteiger partial charge in [0, 0.05) is 5.56 Å². The predicted octanol–water partition coefficient (Wildman–Crippen LogP) is 4.18. The summed E-state index contributed by atoms with van der Waals surface area (Å²) in [5.74, 6) is -0.220. The molecule has 0 radical (unpaired) electrons. The number of esters is 1. The molecular weight excluding hydrogens is 388 g/mol. The Morgan fingerprint density at radius 2 is 2.04 bits per heavy atom. The van der Waals surface area contributed by atoms with Gasteiger partial charge in [0.2, 0.25) is 5.82 Å². The molecule has 0 aliphatic carbocycles. The van der Waals surface area contributed by atoms with Crippen LogP contribution < -0.4 is 0 Å². The molecule has 128 valence electrons. The molecule has 0 atom stereocenters.